The summed E-state index contributed by atoms with van der Waals surface area (Å²) in [5.74, 6) is 0.981. The van der Waals surface area contributed by atoms with Crippen molar-refractivity contribution in [3.63, 3.8) is 0 Å². The van der Waals surface area contributed by atoms with Crippen LogP contribution in [-0.4, -0.2) is 31.0 Å². The number of amides is 1. The molecule has 0 saturated carbocycles. The lowest BCUT2D eigenvalue weighted by molar-refractivity contribution is -0.117. The zero-order valence-corrected chi connectivity index (χ0v) is 10.8. The van der Waals surface area contributed by atoms with Crippen LogP contribution in [0.1, 0.15) is 27.7 Å². The van der Waals surface area contributed by atoms with E-state index < -0.39 is 0 Å². The van der Waals surface area contributed by atoms with E-state index in [9.17, 15) is 4.79 Å². The molecule has 0 aliphatic heterocycles. The van der Waals surface area contributed by atoms with Gasteiger partial charge in [0.1, 0.15) is 6.73 Å². The molecule has 0 heterocycles. The van der Waals surface area contributed by atoms with Gasteiger partial charge in [-0.25, -0.2) is 0 Å². The monoisotopic (exact) mass is 231 g/mol. The van der Waals surface area contributed by atoms with Gasteiger partial charge in [0.25, 0.3) is 0 Å². The molecule has 0 aromatic rings. The second kappa shape index (κ2) is 12.2. The largest absolute Gasteiger partial charge is 0.381 e. The molecule has 0 aliphatic rings. The molecule has 0 rings (SSSR count). The van der Waals surface area contributed by atoms with Crippen LogP contribution in [0.5, 0.6) is 0 Å². The van der Waals surface area contributed by atoms with E-state index in [0.29, 0.717) is 11.8 Å². The Bertz CT molecular complexity index is 171. The molecule has 4 nitrogen and oxygen atoms in total. The van der Waals surface area contributed by atoms with Gasteiger partial charge in [-0.1, -0.05) is 34.3 Å². The van der Waals surface area contributed by atoms with Gasteiger partial charge in [-0.3, -0.25) is 4.79 Å². The van der Waals surface area contributed by atoms with Gasteiger partial charge in [0.15, 0.2) is 0 Å². The van der Waals surface area contributed by atoms with Crippen molar-refractivity contribution in [3.05, 3.63) is 12.7 Å². The molecule has 0 aromatic heterocycles. The van der Waals surface area contributed by atoms with Crippen LogP contribution in [0, 0.1) is 11.8 Å². The number of hydrogen-bond acceptors (Lipinski definition) is 3. The highest BCUT2D eigenvalue weighted by atomic mass is 16.5. The maximum Gasteiger partial charge on any atom is 0.245 e. The van der Waals surface area contributed by atoms with Crippen molar-refractivity contribution < 1.29 is 14.6 Å². The first-order chi connectivity index (χ1) is 7.43. The van der Waals surface area contributed by atoms with E-state index in [1.807, 2.05) is 0 Å². The van der Waals surface area contributed by atoms with Crippen LogP contribution < -0.4 is 5.32 Å². The molecule has 16 heavy (non-hydrogen) atoms. The fourth-order valence-corrected chi connectivity index (χ4v) is 0.690. The molecular formula is C12H25NO3. The average Bonchev–Trinajstić information content (AvgIpc) is 2.18. The highest BCUT2D eigenvalue weighted by Crippen LogP contribution is 1.96. The minimum Gasteiger partial charge on any atom is -0.381 e. The summed E-state index contributed by atoms with van der Waals surface area (Å²) in [5, 5.41) is 10.1. The van der Waals surface area contributed by atoms with Crippen molar-refractivity contribution in [2.24, 2.45) is 11.8 Å². The number of aliphatic hydroxyl groups is 1. The molecular weight excluding hydrogens is 206 g/mol. The Morgan fingerprint density at radius 1 is 1.31 bits per heavy atom. The fourth-order valence-electron chi connectivity index (χ4n) is 0.690. The lowest BCUT2D eigenvalue weighted by atomic mass is 10.2. The number of carbonyl (C=O) groups is 1. The summed E-state index contributed by atoms with van der Waals surface area (Å²) < 4.78 is 5.36. The number of hydrogen-bond donors (Lipinski definition) is 2. The maximum atomic E-state index is 10.0. The Morgan fingerprint density at radius 2 is 1.75 bits per heavy atom. The second-order valence-corrected chi connectivity index (χ2v) is 4.23. The molecule has 0 radical (unpaired) electrons. The Labute approximate surface area is 98.7 Å². The van der Waals surface area contributed by atoms with Gasteiger partial charge in [-0.15, -0.1) is 0 Å². The van der Waals surface area contributed by atoms with Gasteiger partial charge >= 0.3 is 0 Å². The molecule has 2 N–H and O–H groups in total. The number of carbonyl (C=O) groups excluding carboxylic acids is 1. The van der Waals surface area contributed by atoms with E-state index in [2.05, 4.69) is 39.6 Å². The zero-order valence-electron chi connectivity index (χ0n) is 10.8. The number of rotatable bonds is 6. The molecule has 0 spiro atoms. The van der Waals surface area contributed by atoms with Gasteiger partial charge in [-0.05, 0) is 17.9 Å². The fraction of sp³-hybridized carbons (Fsp3) is 0.750. The quantitative estimate of drug-likeness (QED) is 0.538. The minimum absolute atomic E-state index is 0.329. The third-order valence-electron chi connectivity index (χ3n) is 1.34. The first kappa shape index (κ1) is 17.5. The zero-order chi connectivity index (χ0) is 13.0. The molecule has 1 amide bonds. The van der Waals surface area contributed by atoms with Crippen LogP contribution in [0.25, 0.3) is 0 Å². The third kappa shape index (κ3) is 18.8. The van der Waals surface area contributed by atoms with E-state index in [0.717, 1.165) is 19.3 Å². The van der Waals surface area contributed by atoms with Gasteiger partial charge in [0.05, 0.1) is 0 Å². The Kier molecular flexibility index (Phi) is 13.4. The van der Waals surface area contributed by atoms with E-state index in [4.69, 9.17) is 9.84 Å². The van der Waals surface area contributed by atoms with Crippen LogP contribution in [-0.2, 0) is 9.53 Å². The van der Waals surface area contributed by atoms with Crippen molar-refractivity contribution in [1.82, 2.24) is 5.32 Å². The van der Waals surface area contributed by atoms with Crippen LogP contribution in [0.4, 0.5) is 0 Å². The lowest BCUT2D eigenvalue weighted by Gasteiger charge is -2.07. The van der Waals surface area contributed by atoms with E-state index in [1.54, 1.807) is 0 Å². The summed E-state index contributed by atoms with van der Waals surface area (Å²) in [6.45, 7) is 13.3. The van der Waals surface area contributed by atoms with Gasteiger partial charge in [-0.2, -0.15) is 0 Å². The van der Waals surface area contributed by atoms with Crippen molar-refractivity contribution in [2.75, 3.05) is 19.9 Å². The first-order valence-corrected chi connectivity index (χ1v) is 5.52. The molecule has 0 unspecified atom stereocenters. The summed E-state index contributed by atoms with van der Waals surface area (Å²) >= 11 is 0. The standard InChI is InChI=1S/C8H18O.C4H7NO2/c1-7(2)5-9-6-8(3)4;1-2-4(7)5-3-6/h7-8H,5-6H2,1-4H3;2,6H,1,3H2,(H,5,7). The van der Waals surface area contributed by atoms with Crippen molar-refractivity contribution in [1.29, 1.82) is 0 Å². The minimum atomic E-state index is -0.359. The third-order valence-corrected chi connectivity index (χ3v) is 1.34. The molecule has 0 aliphatic carbocycles. The Balaban J connectivity index is 0. The normalized spacial score (nSPS) is 9.69. The summed E-state index contributed by atoms with van der Waals surface area (Å²) in [6.07, 6.45) is 1.09. The van der Waals surface area contributed by atoms with Crippen LogP contribution >= 0.6 is 0 Å². The van der Waals surface area contributed by atoms with Crippen LogP contribution in [0.15, 0.2) is 12.7 Å². The predicted octanol–water partition coefficient (Wildman–Crippen LogP) is 1.55. The molecule has 96 valence electrons. The van der Waals surface area contributed by atoms with Crippen molar-refractivity contribution >= 4 is 5.91 Å². The second-order valence-electron chi connectivity index (χ2n) is 4.23. The molecule has 0 aromatic carbocycles. The van der Waals surface area contributed by atoms with Crippen LogP contribution in [0.3, 0.4) is 0 Å². The number of nitrogens with one attached hydrogen (secondary N) is 1. The van der Waals surface area contributed by atoms with E-state index in [1.165, 1.54) is 0 Å². The van der Waals surface area contributed by atoms with Crippen molar-refractivity contribution in [2.45, 2.75) is 27.7 Å². The maximum absolute atomic E-state index is 10.0. The van der Waals surface area contributed by atoms with Gasteiger partial charge < -0.3 is 15.2 Å². The highest BCUT2D eigenvalue weighted by Gasteiger charge is 1.95. The summed E-state index contributed by atoms with van der Waals surface area (Å²) in [4.78, 5) is 10.0. The molecule has 4 heteroatoms. The molecule has 0 fully saturated rings. The van der Waals surface area contributed by atoms with Gasteiger partial charge in [0, 0.05) is 13.2 Å². The molecule has 0 bridgehead atoms. The van der Waals surface area contributed by atoms with E-state index in [-0.39, 0.29) is 12.6 Å². The number of ether oxygens (including phenoxy) is 1. The average molecular weight is 231 g/mol. The molecule has 0 saturated heterocycles. The summed E-state index contributed by atoms with van der Waals surface area (Å²) in [7, 11) is 0. The topological polar surface area (TPSA) is 58.6 Å². The SMILES string of the molecule is C=CC(=O)NCO.CC(C)COCC(C)C. The summed E-state index contributed by atoms with van der Waals surface area (Å²) in [6, 6.07) is 0. The van der Waals surface area contributed by atoms with E-state index >= 15 is 0 Å². The highest BCUT2D eigenvalue weighted by molar-refractivity contribution is 5.86. The Morgan fingerprint density at radius 3 is 1.94 bits per heavy atom. The summed E-state index contributed by atoms with van der Waals surface area (Å²) in [5.41, 5.74) is 0. The predicted molar refractivity (Wildman–Crippen MR) is 65.9 cm³/mol. The van der Waals surface area contributed by atoms with Crippen molar-refractivity contribution in [3.8, 4) is 0 Å². The number of aliphatic hydroxyl groups excluding tert-OH is 1. The smallest absolute Gasteiger partial charge is 0.245 e. The lowest BCUT2D eigenvalue weighted by Crippen LogP contribution is -2.20. The molecule has 0 atom stereocenters. The van der Waals surface area contributed by atoms with Crippen LogP contribution in [0.2, 0.25) is 0 Å². The first-order valence-electron chi connectivity index (χ1n) is 5.52. The Hall–Kier alpha value is -0.870. The van der Waals surface area contributed by atoms with Gasteiger partial charge in [0.2, 0.25) is 5.91 Å².